The Morgan fingerprint density at radius 3 is 2.62 bits per heavy atom. The molecule has 0 bridgehead atoms. The fourth-order valence-electron chi connectivity index (χ4n) is 3.80. The van der Waals surface area contributed by atoms with Gasteiger partial charge in [0.1, 0.15) is 0 Å². The van der Waals surface area contributed by atoms with Crippen molar-refractivity contribution in [2.75, 3.05) is 40.4 Å². The molecule has 0 spiro atoms. The lowest BCUT2D eigenvalue weighted by molar-refractivity contribution is 0.181. The lowest BCUT2D eigenvalue weighted by Gasteiger charge is -2.43. The van der Waals surface area contributed by atoms with Crippen LogP contribution in [0.25, 0.3) is 0 Å². The van der Waals surface area contributed by atoms with Crippen LogP contribution in [-0.4, -0.2) is 51.3 Å². The molecular formula is C19H30IN3O. The Labute approximate surface area is 163 Å². The van der Waals surface area contributed by atoms with Gasteiger partial charge in [-0.05, 0) is 24.8 Å². The number of halogens is 1. The third-order valence-electron chi connectivity index (χ3n) is 5.41. The quantitative estimate of drug-likeness (QED) is 0.431. The zero-order valence-electron chi connectivity index (χ0n) is 14.8. The highest BCUT2D eigenvalue weighted by molar-refractivity contribution is 14.0. The minimum atomic E-state index is 0. The van der Waals surface area contributed by atoms with Gasteiger partial charge in [-0.25, -0.2) is 0 Å². The topological polar surface area (TPSA) is 36.9 Å². The molecule has 1 atom stereocenters. The van der Waals surface area contributed by atoms with Crippen molar-refractivity contribution in [3.05, 3.63) is 35.9 Å². The molecule has 3 rings (SSSR count). The Morgan fingerprint density at radius 1 is 1.33 bits per heavy atom. The van der Waals surface area contributed by atoms with Gasteiger partial charge in [-0.1, -0.05) is 36.8 Å². The van der Waals surface area contributed by atoms with Gasteiger partial charge < -0.3 is 15.0 Å². The second-order valence-electron chi connectivity index (χ2n) is 7.01. The smallest absolute Gasteiger partial charge is 0.193 e. The monoisotopic (exact) mass is 443 g/mol. The molecule has 1 aliphatic carbocycles. The standard InChI is InChI=1S/C19H29N3O.HI/c1-20-18(22(2)13-16-9-12-23-14-16)21-15-19(10-6-11-19)17-7-4-3-5-8-17;/h3-5,7-8,16H,6,9-15H2,1-2H3,(H,20,21);1H. The van der Waals surface area contributed by atoms with E-state index in [9.17, 15) is 0 Å². The predicted octanol–water partition coefficient (Wildman–Crippen LogP) is 3.27. The first-order valence-electron chi connectivity index (χ1n) is 8.78. The van der Waals surface area contributed by atoms with Crippen molar-refractivity contribution in [2.45, 2.75) is 31.1 Å². The van der Waals surface area contributed by atoms with Gasteiger partial charge in [-0.2, -0.15) is 0 Å². The van der Waals surface area contributed by atoms with Gasteiger partial charge in [0.05, 0.1) is 6.61 Å². The van der Waals surface area contributed by atoms with Crippen molar-refractivity contribution in [3.8, 4) is 0 Å². The molecule has 0 aromatic heterocycles. The Hall–Kier alpha value is -0.820. The van der Waals surface area contributed by atoms with E-state index in [4.69, 9.17) is 4.74 Å². The summed E-state index contributed by atoms with van der Waals surface area (Å²) >= 11 is 0. The maximum Gasteiger partial charge on any atom is 0.193 e. The van der Waals surface area contributed by atoms with Crippen molar-refractivity contribution in [1.82, 2.24) is 10.2 Å². The van der Waals surface area contributed by atoms with Gasteiger partial charge in [-0.3, -0.25) is 4.99 Å². The van der Waals surface area contributed by atoms with Crippen molar-refractivity contribution >= 4 is 29.9 Å². The van der Waals surface area contributed by atoms with Crippen LogP contribution in [0.2, 0.25) is 0 Å². The molecule has 1 aliphatic heterocycles. The number of hydrogen-bond acceptors (Lipinski definition) is 2. The highest BCUT2D eigenvalue weighted by Crippen LogP contribution is 2.43. The maximum atomic E-state index is 5.48. The van der Waals surface area contributed by atoms with Crippen LogP contribution in [0.15, 0.2) is 35.3 Å². The van der Waals surface area contributed by atoms with Crippen LogP contribution in [-0.2, 0) is 10.2 Å². The fourth-order valence-corrected chi connectivity index (χ4v) is 3.80. The van der Waals surface area contributed by atoms with E-state index in [0.717, 1.165) is 38.7 Å². The van der Waals surface area contributed by atoms with Gasteiger partial charge in [0.15, 0.2) is 5.96 Å². The number of nitrogens with one attached hydrogen (secondary N) is 1. The van der Waals surface area contributed by atoms with Crippen LogP contribution in [0.4, 0.5) is 0 Å². The molecule has 1 aromatic carbocycles. The SMILES string of the molecule is CN=C(NCC1(c2ccccc2)CCC1)N(C)CC1CCOC1.I. The van der Waals surface area contributed by atoms with Crippen molar-refractivity contribution in [3.63, 3.8) is 0 Å². The minimum absolute atomic E-state index is 0. The third-order valence-corrected chi connectivity index (χ3v) is 5.41. The van der Waals surface area contributed by atoms with Crippen LogP contribution in [0.1, 0.15) is 31.2 Å². The van der Waals surface area contributed by atoms with E-state index in [1.165, 1.54) is 24.8 Å². The fraction of sp³-hybridized carbons (Fsp3) is 0.632. The number of nitrogens with zero attached hydrogens (tertiary/aromatic N) is 2. The Balaban J connectivity index is 0.00000208. The van der Waals surface area contributed by atoms with Gasteiger partial charge in [0.2, 0.25) is 0 Å². The highest BCUT2D eigenvalue weighted by Gasteiger charge is 2.38. The second-order valence-corrected chi connectivity index (χ2v) is 7.01. The van der Waals surface area contributed by atoms with Gasteiger partial charge in [0.25, 0.3) is 0 Å². The Morgan fingerprint density at radius 2 is 2.08 bits per heavy atom. The van der Waals surface area contributed by atoms with Gasteiger partial charge >= 0.3 is 0 Å². The summed E-state index contributed by atoms with van der Waals surface area (Å²) in [7, 11) is 4.00. The molecule has 2 aliphatic rings. The summed E-state index contributed by atoms with van der Waals surface area (Å²) in [6.45, 7) is 3.77. The third kappa shape index (κ3) is 4.42. The average Bonchev–Trinajstić information content (AvgIpc) is 3.04. The van der Waals surface area contributed by atoms with Crippen LogP contribution in [0.3, 0.4) is 0 Å². The average molecular weight is 443 g/mol. The number of benzene rings is 1. The summed E-state index contributed by atoms with van der Waals surface area (Å²) in [6, 6.07) is 10.9. The molecule has 1 saturated heterocycles. The number of aliphatic imine (C=N–C) groups is 1. The van der Waals surface area contributed by atoms with Crippen LogP contribution in [0, 0.1) is 5.92 Å². The summed E-state index contributed by atoms with van der Waals surface area (Å²) in [5.41, 5.74) is 1.75. The van der Waals surface area contributed by atoms with Gasteiger partial charge in [-0.15, -0.1) is 24.0 Å². The van der Waals surface area contributed by atoms with E-state index in [1.54, 1.807) is 0 Å². The highest BCUT2D eigenvalue weighted by atomic mass is 127. The van der Waals surface area contributed by atoms with E-state index < -0.39 is 0 Å². The van der Waals surface area contributed by atoms with Crippen molar-refractivity contribution in [1.29, 1.82) is 0 Å². The van der Waals surface area contributed by atoms with E-state index in [0.29, 0.717) is 5.92 Å². The summed E-state index contributed by atoms with van der Waals surface area (Å²) in [5.74, 6) is 1.63. The molecule has 2 fully saturated rings. The van der Waals surface area contributed by atoms with Crippen molar-refractivity contribution < 1.29 is 4.74 Å². The molecule has 1 N–H and O–H groups in total. The summed E-state index contributed by atoms with van der Waals surface area (Å²) in [5, 5.41) is 3.62. The largest absolute Gasteiger partial charge is 0.381 e. The molecule has 1 saturated carbocycles. The van der Waals surface area contributed by atoms with Crippen LogP contribution >= 0.6 is 24.0 Å². The summed E-state index contributed by atoms with van der Waals surface area (Å²) < 4.78 is 5.48. The first-order valence-corrected chi connectivity index (χ1v) is 8.78. The normalized spacial score (nSPS) is 22.4. The zero-order chi connectivity index (χ0) is 16.1. The number of hydrogen-bond donors (Lipinski definition) is 1. The van der Waals surface area contributed by atoms with E-state index in [-0.39, 0.29) is 29.4 Å². The molecule has 0 amide bonds. The number of guanidine groups is 1. The molecule has 1 heterocycles. The molecule has 134 valence electrons. The first-order chi connectivity index (χ1) is 11.2. The number of rotatable bonds is 5. The maximum absolute atomic E-state index is 5.48. The van der Waals surface area contributed by atoms with E-state index in [2.05, 4.69) is 52.6 Å². The van der Waals surface area contributed by atoms with Crippen LogP contribution in [0.5, 0.6) is 0 Å². The second kappa shape index (κ2) is 9.04. The molecule has 4 nitrogen and oxygen atoms in total. The lowest BCUT2D eigenvalue weighted by atomic mass is 9.64. The summed E-state index contributed by atoms with van der Waals surface area (Å²) in [4.78, 5) is 6.72. The van der Waals surface area contributed by atoms with E-state index >= 15 is 0 Å². The minimum Gasteiger partial charge on any atom is -0.381 e. The molecule has 1 unspecified atom stereocenters. The van der Waals surface area contributed by atoms with Crippen LogP contribution < -0.4 is 5.32 Å². The van der Waals surface area contributed by atoms with Gasteiger partial charge in [0, 0.05) is 45.1 Å². The lowest BCUT2D eigenvalue weighted by Crippen LogP contribution is -2.50. The molecule has 5 heteroatoms. The number of ether oxygens (including phenoxy) is 1. The molecule has 24 heavy (non-hydrogen) atoms. The Bertz CT molecular complexity index is 525. The first kappa shape index (κ1) is 19.5. The molecule has 0 radical (unpaired) electrons. The summed E-state index contributed by atoms with van der Waals surface area (Å²) in [6.07, 6.45) is 5.02. The van der Waals surface area contributed by atoms with Crippen molar-refractivity contribution in [2.24, 2.45) is 10.9 Å². The van der Waals surface area contributed by atoms with E-state index in [1.807, 2.05) is 7.05 Å². The molecule has 1 aromatic rings. The predicted molar refractivity (Wildman–Crippen MR) is 110 cm³/mol. The molecular weight excluding hydrogens is 413 g/mol. The Kier molecular flexibility index (Phi) is 7.34. The zero-order valence-corrected chi connectivity index (χ0v) is 17.2.